The van der Waals surface area contributed by atoms with E-state index in [0.29, 0.717) is 15.3 Å². The molecule has 28 heavy (non-hydrogen) atoms. The summed E-state index contributed by atoms with van der Waals surface area (Å²) >= 11 is 6.88. The second-order valence-corrected chi connectivity index (χ2v) is 9.06. The summed E-state index contributed by atoms with van der Waals surface area (Å²) in [5.74, 6) is 0.248. The van der Waals surface area contributed by atoms with Gasteiger partial charge in [-0.1, -0.05) is 29.8 Å². The minimum atomic E-state index is -4.56. The quantitative estimate of drug-likeness (QED) is 0.428. The van der Waals surface area contributed by atoms with Crippen molar-refractivity contribution in [3.8, 4) is 0 Å². The Labute approximate surface area is 169 Å². The molecule has 0 saturated heterocycles. The first-order valence-electron chi connectivity index (χ1n) is 8.02. The Balaban J connectivity index is 1.72. The predicted octanol–water partition coefficient (Wildman–Crippen LogP) is 4.98. The van der Waals surface area contributed by atoms with Gasteiger partial charge in [0.15, 0.2) is 0 Å². The van der Waals surface area contributed by atoms with Gasteiger partial charge >= 0.3 is 6.18 Å². The Morgan fingerprint density at radius 3 is 2.43 bits per heavy atom. The summed E-state index contributed by atoms with van der Waals surface area (Å²) in [6.45, 7) is 0.0492. The molecule has 0 radical (unpaired) electrons. The highest BCUT2D eigenvalue weighted by Gasteiger charge is 2.33. The van der Waals surface area contributed by atoms with Crippen LogP contribution in [0.5, 0.6) is 0 Å². The van der Waals surface area contributed by atoms with Gasteiger partial charge in [-0.05, 0) is 36.4 Å². The van der Waals surface area contributed by atoms with Crippen LogP contribution in [-0.2, 0) is 16.2 Å². The largest absolute Gasteiger partial charge is 0.433 e. The van der Waals surface area contributed by atoms with Crippen molar-refractivity contribution in [2.75, 3.05) is 12.3 Å². The molecule has 1 heterocycles. The molecule has 4 nitrogen and oxygen atoms in total. The van der Waals surface area contributed by atoms with Crippen molar-refractivity contribution < 1.29 is 21.6 Å². The lowest BCUT2D eigenvalue weighted by atomic mass is 10.2. The molecule has 0 aliphatic rings. The van der Waals surface area contributed by atoms with Crippen LogP contribution in [0.4, 0.5) is 13.2 Å². The minimum absolute atomic E-state index is 0.0492. The zero-order valence-corrected chi connectivity index (χ0v) is 16.6. The average Bonchev–Trinajstić information content (AvgIpc) is 2.64. The highest BCUT2D eigenvalue weighted by atomic mass is 35.5. The maximum atomic E-state index is 13.1. The van der Waals surface area contributed by atoms with Crippen molar-refractivity contribution in [2.45, 2.75) is 16.0 Å². The topological polar surface area (TPSA) is 59.1 Å². The molecular formula is C18H14ClF3N2O2S2. The Morgan fingerprint density at radius 2 is 1.75 bits per heavy atom. The van der Waals surface area contributed by atoms with Gasteiger partial charge in [0.05, 0.1) is 10.4 Å². The molecule has 1 aromatic heterocycles. The number of hydrogen-bond donors (Lipinski definition) is 1. The summed E-state index contributed by atoms with van der Waals surface area (Å²) in [5, 5.41) is 1.00. The van der Waals surface area contributed by atoms with Crippen LogP contribution in [0.3, 0.4) is 0 Å². The summed E-state index contributed by atoms with van der Waals surface area (Å²) < 4.78 is 66.1. The molecule has 0 spiro atoms. The van der Waals surface area contributed by atoms with Gasteiger partial charge < -0.3 is 0 Å². The maximum absolute atomic E-state index is 13.1. The SMILES string of the molecule is O=S(=O)(NCCSc1cc(C(F)(F)F)nc2ccccc12)c1ccc(Cl)cc1. The number of sulfonamides is 1. The maximum Gasteiger partial charge on any atom is 0.433 e. The standard InChI is InChI=1S/C18H14ClF3N2O2S2/c19-12-5-7-13(8-6-12)28(25,26)23-9-10-27-16-11-17(18(20,21)22)24-15-4-2-1-3-14(15)16/h1-8,11,23H,9-10H2. The van der Waals surface area contributed by atoms with E-state index in [0.717, 1.165) is 17.8 Å². The third-order valence-corrected chi connectivity index (χ3v) is 6.53. The molecule has 10 heteroatoms. The molecule has 3 aromatic rings. The van der Waals surface area contributed by atoms with Gasteiger partial charge in [0, 0.05) is 27.6 Å². The highest BCUT2D eigenvalue weighted by Crippen LogP contribution is 2.34. The summed E-state index contributed by atoms with van der Waals surface area (Å²) in [4.78, 5) is 4.12. The molecule has 0 bridgehead atoms. The van der Waals surface area contributed by atoms with Gasteiger partial charge in [0.1, 0.15) is 5.69 Å². The summed E-state index contributed by atoms with van der Waals surface area (Å²) in [6, 6.07) is 13.2. The van der Waals surface area contributed by atoms with Crippen molar-refractivity contribution in [3.63, 3.8) is 0 Å². The molecule has 0 unspecified atom stereocenters. The molecule has 2 aromatic carbocycles. The number of hydrogen-bond acceptors (Lipinski definition) is 4. The Kier molecular flexibility index (Phi) is 6.18. The number of nitrogens with one attached hydrogen (secondary N) is 1. The number of fused-ring (bicyclic) bond motifs is 1. The van der Waals surface area contributed by atoms with Gasteiger partial charge in [-0.2, -0.15) is 13.2 Å². The smallest absolute Gasteiger partial charge is 0.243 e. The normalized spacial score (nSPS) is 12.4. The number of pyridine rings is 1. The second-order valence-electron chi connectivity index (χ2n) is 5.72. The number of aromatic nitrogens is 1. The predicted molar refractivity (Wildman–Crippen MR) is 104 cm³/mol. The summed E-state index contributed by atoms with van der Waals surface area (Å²) in [5.41, 5.74) is -0.739. The molecule has 3 rings (SSSR count). The van der Waals surface area contributed by atoms with Gasteiger partial charge in [0.2, 0.25) is 10.0 Å². The molecule has 148 valence electrons. The monoisotopic (exact) mass is 446 g/mol. The number of rotatable bonds is 6. The number of thioether (sulfide) groups is 1. The van der Waals surface area contributed by atoms with E-state index in [1.165, 1.54) is 30.3 Å². The lowest BCUT2D eigenvalue weighted by molar-refractivity contribution is -0.141. The third-order valence-electron chi connectivity index (χ3n) is 3.74. The molecule has 0 fully saturated rings. The first-order chi connectivity index (χ1) is 13.2. The van der Waals surface area contributed by atoms with Crippen molar-refractivity contribution in [1.82, 2.24) is 9.71 Å². The van der Waals surface area contributed by atoms with Crippen molar-refractivity contribution in [2.24, 2.45) is 0 Å². The van der Waals surface area contributed by atoms with Gasteiger partial charge in [-0.15, -0.1) is 11.8 Å². The van der Waals surface area contributed by atoms with Crippen LogP contribution in [0, 0.1) is 0 Å². The van der Waals surface area contributed by atoms with E-state index >= 15 is 0 Å². The van der Waals surface area contributed by atoms with Crippen LogP contribution in [0.1, 0.15) is 5.69 Å². The van der Waals surface area contributed by atoms with Crippen molar-refractivity contribution in [3.05, 3.63) is 65.3 Å². The number of nitrogens with zero attached hydrogens (tertiary/aromatic N) is 1. The first-order valence-corrected chi connectivity index (χ1v) is 10.9. The Morgan fingerprint density at radius 1 is 1.07 bits per heavy atom. The van der Waals surface area contributed by atoms with Crippen LogP contribution in [0.15, 0.2) is 64.4 Å². The lowest BCUT2D eigenvalue weighted by Crippen LogP contribution is -2.26. The molecule has 0 amide bonds. The molecule has 0 aliphatic carbocycles. The van der Waals surface area contributed by atoms with E-state index in [2.05, 4.69) is 9.71 Å². The zero-order chi connectivity index (χ0) is 20.4. The summed E-state index contributed by atoms with van der Waals surface area (Å²) in [7, 11) is -3.72. The molecule has 0 aliphatic heterocycles. The van der Waals surface area contributed by atoms with Crippen LogP contribution < -0.4 is 4.72 Å². The van der Waals surface area contributed by atoms with E-state index < -0.39 is 21.9 Å². The van der Waals surface area contributed by atoms with Crippen LogP contribution in [0.25, 0.3) is 10.9 Å². The fraction of sp³-hybridized carbons (Fsp3) is 0.167. The average molecular weight is 447 g/mol. The molecule has 0 saturated carbocycles. The van der Waals surface area contributed by atoms with Crippen LogP contribution in [-0.4, -0.2) is 25.7 Å². The number of alkyl halides is 3. The Hall–Kier alpha value is -1.81. The molecule has 0 atom stereocenters. The molecule has 1 N–H and O–H groups in total. The lowest BCUT2D eigenvalue weighted by Gasteiger charge is -2.12. The minimum Gasteiger partial charge on any atom is -0.243 e. The molecular weight excluding hydrogens is 433 g/mol. The van der Waals surface area contributed by atoms with E-state index in [-0.39, 0.29) is 22.7 Å². The zero-order valence-electron chi connectivity index (χ0n) is 14.2. The van der Waals surface area contributed by atoms with E-state index in [4.69, 9.17) is 11.6 Å². The number of benzene rings is 2. The highest BCUT2D eigenvalue weighted by molar-refractivity contribution is 7.99. The summed E-state index contributed by atoms with van der Waals surface area (Å²) in [6.07, 6.45) is -4.56. The Bertz CT molecular complexity index is 1090. The van der Waals surface area contributed by atoms with Gasteiger partial charge in [0.25, 0.3) is 0 Å². The van der Waals surface area contributed by atoms with Crippen LogP contribution in [0.2, 0.25) is 5.02 Å². The second kappa shape index (κ2) is 8.28. The number of para-hydroxylation sites is 1. The van der Waals surface area contributed by atoms with E-state index in [9.17, 15) is 21.6 Å². The fourth-order valence-electron chi connectivity index (χ4n) is 2.44. The van der Waals surface area contributed by atoms with Crippen molar-refractivity contribution in [1.29, 1.82) is 0 Å². The fourth-order valence-corrected chi connectivity index (χ4v) is 4.68. The van der Waals surface area contributed by atoms with E-state index in [1.807, 2.05) is 0 Å². The third kappa shape index (κ3) is 4.96. The van der Waals surface area contributed by atoms with Crippen LogP contribution >= 0.6 is 23.4 Å². The van der Waals surface area contributed by atoms with Gasteiger partial charge in [-0.25, -0.2) is 18.1 Å². The first kappa shape index (κ1) is 20.9. The number of halogens is 4. The van der Waals surface area contributed by atoms with Crippen molar-refractivity contribution >= 4 is 44.3 Å². The van der Waals surface area contributed by atoms with E-state index in [1.54, 1.807) is 18.2 Å². The van der Waals surface area contributed by atoms with Gasteiger partial charge in [-0.3, -0.25) is 0 Å².